The van der Waals surface area contributed by atoms with Gasteiger partial charge in [0.05, 0.1) is 5.60 Å². The van der Waals surface area contributed by atoms with Crippen molar-refractivity contribution in [3.63, 3.8) is 0 Å². The molecule has 0 aromatic rings. The zero-order valence-corrected chi connectivity index (χ0v) is 10.3. The van der Waals surface area contributed by atoms with Crippen molar-refractivity contribution >= 4 is 5.97 Å². The van der Waals surface area contributed by atoms with Gasteiger partial charge in [0.25, 0.3) is 5.97 Å². The molecule has 0 aliphatic carbocycles. The Morgan fingerprint density at radius 3 is 2.20 bits per heavy atom. The average molecular weight is 216 g/mol. The molecule has 1 unspecified atom stereocenters. The highest BCUT2D eigenvalue weighted by Gasteiger charge is 2.13. The highest BCUT2D eigenvalue weighted by molar-refractivity contribution is 5.62. The molecule has 0 saturated heterocycles. The van der Waals surface area contributed by atoms with Crippen LogP contribution in [0.1, 0.15) is 47.0 Å². The highest BCUT2D eigenvalue weighted by atomic mass is 16.4. The second-order valence-electron chi connectivity index (χ2n) is 4.37. The van der Waals surface area contributed by atoms with E-state index in [1.54, 1.807) is 13.0 Å². The van der Waals surface area contributed by atoms with Crippen LogP contribution in [0, 0.1) is 5.92 Å². The molecule has 0 aliphatic rings. The number of hydrogen-bond acceptors (Lipinski definition) is 2. The highest BCUT2D eigenvalue weighted by Crippen LogP contribution is 2.16. The predicted octanol–water partition coefficient (Wildman–Crippen LogP) is 2.84. The van der Waals surface area contributed by atoms with Gasteiger partial charge >= 0.3 is 0 Å². The van der Waals surface area contributed by atoms with E-state index in [1.807, 2.05) is 0 Å². The van der Waals surface area contributed by atoms with Gasteiger partial charge in [0.1, 0.15) is 0 Å². The van der Waals surface area contributed by atoms with Crippen LogP contribution in [0.5, 0.6) is 0 Å². The molecule has 0 amide bonds. The molecule has 15 heavy (non-hydrogen) atoms. The van der Waals surface area contributed by atoms with Crippen LogP contribution in [-0.4, -0.2) is 21.8 Å². The Kier molecular flexibility index (Phi) is 9.38. The van der Waals surface area contributed by atoms with Crippen LogP contribution in [0.4, 0.5) is 0 Å². The summed E-state index contributed by atoms with van der Waals surface area (Å²) in [5.74, 6) is -0.101. The lowest BCUT2D eigenvalue weighted by Crippen LogP contribution is -2.19. The molecule has 1 atom stereocenters. The first kappa shape index (κ1) is 16.6. The summed E-state index contributed by atoms with van der Waals surface area (Å²) in [6.07, 6.45) is 4.71. The number of aliphatic carboxylic acids is 1. The zero-order chi connectivity index (χ0) is 12.5. The van der Waals surface area contributed by atoms with E-state index in [9.17, 15) is 5.11 Å². The van der Waals surface area contributed by atoms with Gasteiger partial charge in [-0.2, -0.15) is 0 Å². The molecule has 0 fully saturated rings. The molecule has 3 nitrogen and oxygen atoms in total. The molecule has 3 heteroatoms. The van der Waals surface area contributed by atoms with E-state index in [2.05, 4.69) is 20.4 Å². The smallest absolute Gasteiger partial charge is 0.300 e. The summed E-state index contributed by atoms with van der Waals surface area (Å²) < 4.78 is 0. The normalized spacial score (nSPS) is 13.7. The molecule has 0 heterocycles. The fourth-order valence-corrected chi connectivity index (χ4v) is 0.970. The third kappa shape index (κ3) is 19.5. The Bertz CT molecular complexity index is 179. The van der Waals surface area contributed by atoms with Crippen LogP contribution in [-0.2, 0) is 4.79 Å². The molecule has 0 spiro atoms. The molecule has 90 valence electrons. The second kappa shape index (κ2) is 8.48. The van der Waals surface area contributed by atoms with Crippen molar-refractivity contribution in [2.24, 2.45) is 5.92 Å². The number of rotatable bonds is 5. The number of carbonyl (C=O) groups is 1. The second-order valence-corrected chi connectivity index (χ2v) is 4.37. The van der Waals surface area contributed by atoms with E-state index >= 15 is 0 Å². The number of carboxylic acids is 1. The van der Waals surface area contributed by atoms with E-state index < -0.39 is 11.6 Å². The van der Waals surface area contributed by atoms with Crippen molar-refractivity contribution in [1.29, 1.82) is 0 Å². The molecule has 0 bridgehead atoms. The van der Waals surface area contributed by atoms with E-state index in [0.29, 0.717) is 0 Å². The standard InChI is InChI=1S/C10H20O.C2H4O2/c1-5-10(4,11)8-6-7-9(2)3;1-2(3)4/h5,9,11H,1,6-8H2,2-4H3;1H3,(H,3,4). The summed E-state index contributed by atoms with van der Waals surface area (Å²) >= 11 is 0. The quantitative estimate of drug-likeness (QED) is 0.695. The Hall–Kier alpha value is -0.830. The van der Waals surface area contributed by atoms with Crippen LogP contribution in [0.3, 0.4) is 0 Å². The largest absolute Gasteiger partial charge is 0.481 e. The average Bonchev–Trinajstić information content (AvgIpc) is 2.02. The summed E-state index contributed by atoms with van der Waals surface area (Å²) in [6, 6.07) is 0. The molecular formula is C12H24O3. The first-order valence-corrected chi connectivity index (χ1v) is 5.26. The molecule has 0 radical (unpaired) electrons. The zero-order valence-electron chi connectivity index (χ0n) is 10.3. The Morgan fingerprint density at radius 2 is 1.93 bits per heavy atom. The molecule has 0 saturated carbocycles. The van der Waals surface area contributed by atoms with Gasteiger partial charge in [-0.3, -0.25) is 4.79 Å². The van der Waals surface area contributed by atoms with Crippen LogP contribution in [0.25, 0.3) is 0 Å². The Balaban J connectivity index is 0. The minimum atomic E-state index is -0.833. The molecule has 0 aromatic carbocycles. The maximum absolute atomic E-state index is 9.52. The van der Waals surface area contributed by atoms with Crippen LogP contribution >= 0.6 is 0 Å². The minimum Gasteiger partial charge on any atom is -0.481 e. The van der Waals surface area contributed by atoms with Crippen molar-refractivity contribution in [2.45, 2.75) is 52.6 Å². The molecule has 0 aliphatic heterocycles. The summed E-state index contributed by atoms with van der Waals surface area (Å²) in [5.41, 5.74) is -0.658. The Labute approximate surface area is 92.8 Å². The third-order valence-corrected chi connectivity index (χ3v) is 1.90. The number of hydrogen-bond donors (Lipinski definition) is 2. The summed E-state index contributed by atoms with van der Waals surface area (Å²) in [6.45, 7) is 10.9. The maximum Gasteiger partial charge on any atom is 0.300 e. The van der Waals surface area contributed by atoms with Gasteiger partial charge in [0, 0.05) is 6.92 Å². The Morgan fingerprint density at radius 1 is 1.53 bits per heavy atom. The van der Waals surface area contributed by atoms with Crippen molar-refractivity contribution in [3.8, 4) is 0 Å². The SMILES string of the molecule is C=CC(C)(O)CCCC(C)C.CC(=O)O. The van der Waals surface area contributed by atoms with Gasteiger partial charge in [-0.05, 0) is 19.3 Å². The van der Waals surface area contributed by atoms with Gasteiger partial charge in [0.15, 0.2) is 0 Å². The fraction of sp³-hybridized carbons (Fsp3) is 0.750. The minimum absolute atomic E-state index is 0.658. The topological polar surface area (TPSA) is 57.5 Å². The molecule has 0 aromatic heterocycles. The van der Waals surface area contributed by atoms with Crippen LogP contribution in [0.2, 0.25) is 0 Å². The summed E-state index contributed by atoms with van der Waals surface area (Å²) in [7, 11) is 0. The van der Waals surface area contributed by atoms with E-state index in [1.165, 1.54) is 6.42 Å². The molecular weight excluding hydrogens is 192 g/mol. The van der Waals surface area contributed by atoms with E-state index in [-0.39, 0.29) is 0 Å². The van der Waals surface area contributed by atoms with E-state index in [0.717, 1.165) is 25.7 Å². The third-order valence-electron chi connectivity index (χ3n) is 1.90. The lowest BCUT2D eigenvalue weighted by molar-refractivity contribution is -0.134. The molecule has 2 N–H and O–H groups in total. The van der Waals surface area contributed by atoms with Crippen molar-refractivity contribution < 1.29 is 15.0 Å². The number of carboxylic acid groups (broad SMARTS) is 1. The monoisotopic (exact) mass is 216 g/mol. The van der Waals surface area contributed by atoms with Crippen LogP contribution in [0.15, 0.2) is 12.7 Å². The van der Waals surface area contributed by atoms with Crippen molar-refractivity contribution in [2.75, 3.05) is 0 Å². The fourth-order valence-electron chi connectivity index (χ4n) is 0.970. The number of aliphatic hydroxyl groups is 1. The lowest BCUT2D eigenvalue weighted by Gasteiger charge is -2.18. The van der Waals surface area contributed by atoms with Gasteiger partial charge in [-0.25, -0.2) is 0 Å². The van der Waals surface area contributed by atoms with Gasteiger partial charge in [-0.1, -0.05) is 32.8 Å². The van der Waals surface area contributed by atoms with Crippen LogP contribution < -0.4 is 0 Å². The van der Waals surface area contributed by atoms with Crippen molar-refractivity contribution in [1.82, 2.24) is 0 Å². The predicted molar refractivity (Wildman–Crippen MR) is 62.8 cm³/mol. The maximum atomic E-state index is 9.52. The van der Waals surface area contributed by atoms with Crippen molar-refractivity contribution in [3.05, 3.63) is 12.7 Å². The lowest BCUT2D eigenvalue weighted by atomic mass is 9.96. The van der Waals surface area contributed by atoms with Gasteiger partial charge in [-0.15, -0.1) is 6.58 Å². The first-order valence-electron chi connectivity index (χ1n) is 5.26. The van der Waals surface area contributed by atoms with E-state index in [4.69, 9.17) is 9.90 Å². The molecule has 0 rings (SSSR count). The van der Waals surface area contributed by atoms with Gasteiger partial charge < -0.3 is 10.2 Å². The van der Waals surface area contributed by atoms with Gasteiger partial charge in [0.2, 0.25) is 0 Å². The summed E-state index contributed by atoms with van der Waals surface area (Å²) in [5, 5.41) is 16.9. The summed E-state index contributed by atoms with van der Waals surface area (Å²) in [4.78, 5) is 9.00. The first-order chi connectivity index (χ1) is 6.71.